The Hall–Kier alpha value is -0.150. The summed E-state index contributed by atoms with van der Waals surface area (Å²) in [5, 5.41) is 0. The Balaban J connectivity index is 2.25. The molecule has 0 N–H and O–H groups in total. The fraction of sp³-hybridized carbons (Fsp3) is 0.500. The van der Waals surface area contributed by atoms with E-state index >= 15 is 0 Å². The second-order valence-corrected chi connectivity index (χ2v) is 6.55. The standard InChI is InChI=1S/C14H14Br2O/c1-2-7-6-10-11(14(7)17)13(16)9-5-3-4-8(9)12(10)15/h7H,2-6H2,1H3. The van der Waals surface area contributed by atoms with E-state index in [2.05, 4.69) is 38.8 Å². The summed E-state index contributed by atoms with van der Waals surface area (Å²) in [5.41, 5.74) is 5.00. The highest BCUT2D eigenvalue weighted by atomic mass is 79.9. The van der Waals surface area contributed by atoms with Crippen LogP contribution in [0.2, 0.25) is 0 Å². The summed E-state index contributed by atoms with van der Waals surface area (Å²) >= 11 is 7.40. The number of rotatable bonds is 1. The Morgan fingerprint density at radius 2 is 1.76 bits per heavy atom. The first kappa shape index (κ1) is 11.9. The van der Waals surface area contributed by atoms with Crippen LogP contribution in [-0.4, -0.2) is 5.78 Å². The van der Waals surface area contributed by atoms with Gasteiger partial charge in [0, 0.05) is 20.4 Å². The van der Waals surface area contributed by atoms with Crippen LogP contribution < -0.4 is 0 Å². The number of hydrogen-bond acceptors (Lipinski definition) is 1. The van der Waals surface area contributed by atoms with Gasteiger partial charge in [0.1, 0.15) is 0 Å². The topological polar surface area (TPSA) is 17.1 Å². The van der Waals surface area contributed by atoms with E-state index in [4.69, 9.17) is 0 Å². The van der Waals surface area contributed by atoms with Gasteiger partial charge in [0.05, 0.1) is 0 Å². The molecule has 1 unspecified atom stereocenters. The summed E-state index contributed by atoms with van der Waals surface area (Å²) < 4.78 is 2.30. The average Bonchev–Trinajstić information content (AvgIpc) is 2.91. The van der Waals surface area contributed by atoms with Crippen molar-refractivity contribution in [3.63, 3.8) is 0 Å². The molecule has 0 fully saturated rings. The van der Waals surface area contributed by atoms with Crippen molar-refractivity contribution in [2.75, 3.05) is 0 Å². The van der Waals surface area contributed by atoms with Gasteiger partial charge in [0.2, 0.25) is 0 Å². The van der Waals surface area contributed by atoms with E-state index in [0.29, 0.717) is 5.78 Å². The molecule has 0 radical (unpaired) electrons. The molecule has 2 aliphatic rings. The molecule has 3 rings (SSSR count). The molecule has 1 aromatic rings. The first-order valence-corrected chi connectivity index (χ1v) is 7.79. The summed E-state index contributed by atoms with van der Waals surface area (Å²) in [6.45, 7) is 2.10. The lowest BCUT2D eigenvalue weighted by Crippen LogP contribution is -2.07. The van der Waals surface area contributed by atoms with Crippen molar-refractivity contribution in [2.45, 2.75) is 39.0 Å². The van der Waals surface area contributed by atoms with E-state index in [9.17, 15) is 4.79 Å². The number of carbonyl (C=O) groups is 1. The van der Waals surface area contributed by atoms with Crippen LogP contribution in [0, 0.1) is 5.92 Å². The van der Waals surface area contributed by atoms with Crippen molar-refractivity contribution in [3.05, 3.63) is 31.2 Å². The number of halogens is 2. The third-order valence-electron chi connectivity index (χ3n) is 4.09. The van der Waals surface area contributed by atoms with E-state index in [-0.39, 0.29) is 5.92 Å². The van der Waals surface area contributed by atoms with Crippen LogP contribution in [0.1, 0.15) is 46.8 Å². The first-order chi connectivity index (χ1) is 8.15. The van der Waals surface area contributed by atoms with Gasteiger partial charge in [-0.05, 0) is 64.7 Å². The van der Waals surface area contributed by atoms with Gasteiger partial charge < -0.3 is 0 Å². The molecular weight excluding hydrogens is 344 g/mol. The Bertz CT molecular complexity index is 520. The maximum atomic E-state index is 12.3. The number of benzene rings is 1. The summed E-state index contributed by atoms with van der Waals surface area (Å²) in [7, 11) is 0. The van der Waals surface area contributed by atoms with Gasteiger partial charge in [-0.1, -0.05) is 22.9 Å². The molecule has 0 saturated heterocycles. The third kappa shape index (κ3) is 1.58. The fourth-order valence-electron chi connectivity index (χ4n) is 3.12. The maximum Gasteiger partial charge on any atom is 0.167 e. The van der Waals surface area contributed by atoms with Gasteiger partial charge in [-0.3, -0.25) is 4.79 Å². The monoisotopic (exact) mass is 356 g/mol. The first-order valence-electron chi connectivity index (χ1n) is 6.21. The second-order valence-electron chi connectivity index (χ2n) is 4.97. The van der Waals surface area contributed by atoms with E-state index in [0.717, 1.165) is 35.7 Å². The molecule has 0 saturated carbocycles. The maximum absolute atomic E-state index is 12.3. The molecule has 3 heteroatoms. The van der Waals surface area contributed by atoms with Crippen molar-refractivity contribution >= 4 is 37.6 Å². The minimum atomic E-state index is 0.195. The number of fused-ring (bicyclic) bond motifs is 2. The molecule has 1 aromatic carbocycles. The fourth-order valence-corrected chi connectivity index (χ4v) is 4.79. The molecule has 0 heterocycles. The summed E-state index contributed by atoms with van der Waals surface area (Å²) in [6.07, 6.45) is 5.31. The minimum absolute atomic E-state index is 0.195. The van der Waals surface area contributed by atoms with Crippen LogP contribution in [0.4, 0.5) is 0 Å². The average molecular weight is 358 g/mol. The highest BCUT2D eigenvalue weighted by Gasteiger charge is 2.36. The molecule has 1 atom stereocenters. The van der Waals surface area contributed by atoms with Gasteiger partial charge in [-0.15, -0.1) is 0 Å². The van der Waals surface area contributed by atoms with Crippen molar-refractivity contribution in [1.82, 2.24) is 0 Å². The Labute approximate surface area is 118 Å². The number of Topliss-reactive ketones (excluding diaryl/α,β-unsaturated/α-hetero) is 1. The smallest absolute Gasteiger partial charge is 0.167 e. The second kappa shape index (κ2) is 4.20. The van der Waals surface area contributed by atoms with E-state index < -0.39 is 0 Å². The van der Waals surface area contributed by atoms with E-state index in [1.165, 1.54) is 27.6 Å². The molecular formula is C14H14Br2O. The summed E-state index contributed by atoms with van der Waals surface area (Å²) in [5.74, 6) is 0.532. The largest absolute Gasteiger partial charge is 0.294 e. The number of hydrogen-bond donors (Lipinski definition) is 0. The van der Waals surface area contributed by atoms with Gasteiger partial charge in [-0.25, -0.2) is 0 Å². The van der Waals surface area contributed by atoms with Gasteiger partial charge in [-0.2, -0.15) is 0 Å². The Morgan fingerprint density at radius 1 is 1.12 bits per heavy atom. The van der Waals surface area contributed by atoms with E-state index in [1.807, 2.05) is 0 Å². The lowest BCUT2D eigenvalue weighted by Gasteiger charge is -2.11. The van der Waals surface area contributed by atoms with Gasteiger partial charge in [0.25, 0.3) is 0 Å². The van der Waals surface area contributed by atoms with Crippen LogP contribution >= 0.6 is 31.9 Å². The van der Waals surface area contributed by atoms with Crippen LogP contribution in [-0.2, 0) is 19.3 Å². The zero-order chi connectivity index (χ0) is 12.2. The van der Waals surface area contributed by atoms with Crippen molar-refractivity contribution in [1.29, 1.82) is 0 Å². The molecule has 0 aromatic heterocycles. The molecule has 90 valence electrons. The molecule has 2 aliphatic carbocycles. The van der Waals surface area contributed by atoms with Crippen molar-refractivity contribution in [2.24, 2.45) is 5.92 Å². The molecule has 0 aliphatic heterocycles. The summed E-state index contributed by atoms with van der Waals surface area (Å²) in [6, 6.07) is 0. The highest BCUT2D eigenvalue weighted by molar-refractivity contribution is 9.11. The van der Waals surface area contributed by atoms with Gasteiger partial charge >= 0.3 is 0 Å². The quantitative estimate of drug-likeness (QED) is 0.724. The van der Waals surface area contributed by atoms with E-state index in [1.54, 1.807) is 0 Å². The third-order valence-corrected chi connectivity index (χ3v) is 5.93. The Morgan fingerprint density at radius 3 is 2.41 bits per heavy atom. The van der Waals surface area contributed by atoms with Crippen LogP contribution in [0.5, 0.6) is 0 Å². The minimum Gasteiger partial charge on any atom is -0.294 e. The molecule has 0 spiro atoms. The number of carbonyl (C=O) groups excluding carboxylic acids is 1. The van der Waals surface area contributed by atoms with Crippen LogP contribution in [0.25, 0.3) is 0 Å². The summed E-state index contributed by atoms with van der Waals surface area (Å²) in [4.78, 5) is 12.3. The van der Waals surface area contributed by atoms with Crippen LogP contribution in [0.3, 0.4) is 0 Å². The normalized spacial score (nSPS) is 21.8. The Kier molecular flexibility index (Phi) is 2.94. The zero-order valence-corrected chi connectivity index (χ0v) is 12.9. The molecule has 1 nitrogen and oxygen atoms in total. The number of ketones is 1. The lowest BCUT2D eigenvalue weighted by molar-refractivity contribution is 0.0933. The predicted molar refractivity (Wildman–Crippen MR) is 75.7 cm³/mol. The zero-order valence-electron chi connectivity index (χ0n) is 9.78. The molecule has 0 bridgehead atoms. The van der Waals surface area contributed by atoms with Crippen molar-refractivity contribution < 1.29 is 4.79 Å². The molecule has 17 heavy (non-hydrogen) atoms. The van der Waals surface area contributed by atoms with Gasteiger partial charge in [0.15, 0.2) is 5.78 Å². The predicted octanol–water partition coefficient (Wildman–Crippen LogP) is 4.47. The van der Waals surface area contributed by atoms with Crippen LogP contribution in [0.15, 0.2) is 8.95 Å². The highest BCUT2D eigenvalue weighted by Crippen LogP contribution is 2.45. The molecule has 0 amide bonds. The SMILES string of the molecule is CCC1Cc2c(Br)c3c(c(Br)c2C1=O)CCC3. The lowest BCUT2D eigenvalue weighted by atomic mass is 10.0. The van der Waals surface area contributed by atoms with Crippen molar-refractivity contribution in [3.8, 4) is 0 Å².